The number of ether oxygens (including phenoxy) is 6. The molecule has 0 unspecified atom stereocenters. The average Bonchev–Trinajstić information content (AvgIpc) is 3.26. The lowest BCUT2D eigenvalue weighted by atomic mass is 9.33. The van der Waals surface area contributed by atoms with Gasteiger partial charge in [0.25, 0.3) is 0 Å². The molecule has 3 aliphatic heterocycles. The lowest BCUT2D eigenvalue weighted by molar-refractivity contribution is -0.384. The van der Waals surface area contributed by atoms with Crippen molar-refractivity contribution in [3.05, 3.63) is 11.6 Å². The molecule has 0 aromatic heterocycles. The van der Waals surface area contributed by atoms with Gasteiger partial charge >= 0.3 is 11.9 Å². The molecule has 8 aliphatic rings. The molecule has 4 saturated carbocycles. The van der Waals surface area contributed by atoms with Gasteiger partial charge in [-0.25, -0.2) is 4.79 Å². The summed E-state index contributed by atoms with van der Waals surface area (Å²) >= 11 is 0. The van der Waals surface area contributed by atoms with Crippen LogP contribution in [0.5, 0.6) is 0 Å². The molecule has 388 valence electrons. The SMILES string of the molecule is CC1(C)CC[C@]2(C(=O)O)CC[C@]3(C)C(=CC[C@@H]4[C@@]5(C)C[C@H](O)[C@H](O[C@@H]6O[C@H](C(=O)O)[C@@H](O)[C@H](O[C@@H]7O[C@H](CO)[C@H](O)[C@H](O[C@@H]8O[C@H](CO)[C@H](O)[C@H](O)[C@H]8O)[C@H]7O)[C@H]6O)C(C)(C)[C@@H]5CC[C@]43C)[C@@H]2C1. The van der Waals surface area contributed by atoms with E-state index in [4.69, 9.17) is 28.4 Å². The minimum atomic E-state index is -2.13. The van der Waals surface area contributed by atoms with Crippen LogP contribution >= 0.6 is 0 Å². The molecule has 0 amide bonds. The van der Waals surface area contributed by atoms with Crippen molar-refractivity contribution < 1.29 is 99.3 Å². The summed E-state index contributed by atoms with van der Waals surface area (Å²) in [5.74, 6) is -2.39. The van der Waals surface area contributed by atoms with E-state index in [1.165, 1.54) is 5.57 Å². The maximum atomic E-state index is 13.1. The molecule has 0 aromatic carbocycles. The number of aliphatic carboxylic acids is 2. The van der Waals surface area contributed by atoms with E-state index in [1.54, 1.807) is 0 Å². The number of carboxylic acid groups (broad SMARTS) is 2. The highest BCUT2D eigenvalue weighted by molar-refractivity contribution is 5.76. The van der Waals surface area contributed by atoms with Gasteiger partial charge in [0.1, 0.15) is 67.1 Å². The Kier molecular flexibility index (Phi) is 14.0. The van der Waals surface area contributed by atoms with Gasteiger partial charge in [-0.2, -0.15) is 0 Å². The molecular weight excluding hydrogens is 897 g/mol. The summed E-state index contributed by atoms with van der Waals surface area (Å²) in [6.07, 6.45) is -21.8. The van der Waals surface area contributed by atoms with Crippen LogP contribution in [0, 0.1) is 50.2 Å². The predicted molar refractivity (Wildman–Crippen MR) is 233 cm³/mol. The van der Waals surface area contributed by atoms with Crippen molar-refractivity contribution in [2.24, 2.45) is 50.2 Å². The quantitative estimate of drug-likeness (QED) is 0.0994. The normalized spacial score (nSPS) is 53.2. The van der Waals surface area contributed by atoms with Crippen LogP contribution in [0.1, 0.15) is 106 Å². The molecule has 20 nitrogen and oxygen atoms in total. The molecule has 20 heteroatoms. The van der Waals surface area contributed by atoms with Crippen LogP contribution in [0.2, 0.25) is 0 Å². The van der Waals surface area contributed by atoms with E-state index in [0.717, 1.165) is 32.1 Å². The lowest BCUT2D eigenvalue weighted by Crippen LogP contribution is -2.69. The zero-order chi connectivity index (χ0) is 50.0. The average molecular weight is 973 g/mol. The summed E-state index contributed by atoms with van der Waals surface area (Å²) in [5.41, 5.74) is -1.27. The number of aliphatic hydroxyl groups excluding tert-OH is 10. The highest BCUT2D eigenvalue weighted by atomic mass is 16.8. The monoisotopic (exact) mass is 972 g/mol. The number of carbonyl (C=O) groups is 2. The summed E-state index contributed by atoms with van der Waals surface area (Å²) in [6.45, 7) is 13.6. The Bertz CT molecular complexity index is 1910. The summed E-state index contributed by atoms with van der Waals surface area (Å²) in [6, 6.07) is 0. The number of fused-ring (bicyclic) bond motifs is 7. The zero-order valence-corrected chi connectivity index (χ0v) is 40.0. The lowest BCUT2D eigenvalue weighted by Gasteiger charge is -2.71. The van der Waals surface area contributed by atoms with E-state index >= 15 is 0 Å². The Morgan fingerprint density at radius 3 is 1.78 bits per heavy atom. The molecule has 0 radical (unpaired) electrons. The third kappa shape index (κ3) is 8.03. The first kappa shape index (κ1) is 52.4. The molecule has 8 rings (SSSR count). The van der Waals surface area contributed by atoms with Crippen LogP contribution in [-0.4, -0.2) is 191 Å². The van der Waals surface area contributed by atoms with Gasteiger partial charge in [-0.15, -0.1) is 0 Å². The van der Waals surface area contributed by atoms with E-state index in [1.807, 2.05) is 13.8 Å². The number of hydrogen-bond acceptors (Lipinski definition) is 18. The fraction of sp³-hybridized carbons (Fsp3) is 0.917. The molecule has 0 spiro atoms. The molecule has 7 fully saturated rings. The molecule has 0 bridgehead atoms. The molecule has 24 atom stereocenters. The Labute approximate surface area is 396 Å². The number of hydrogen-bond donors (Lipinski definition) is 12. The first-order chi connectivity index (χ1) is 31.6. The minimum Gasteiger partial charge on any atom is -0.481 e. The molecule has 3 saturated heterocycles. The van der Waals surface area contributed by atoms with Gasteiger partial charge in [-0.3, -0.25) is 4.79 Å². The van der Waals surface area contributed by atoms with Crippen LogP contribution in [-0.2, 0) is 38.0 Å². The maximum Gasteiger partial charge on any atom is 0.335 e. The number of carboxylic acids is 2. The van der Waals surface area contributed by atoms with Crippen molar-refractivity contribution >= 4 is 11.9 Å². The smallest absolute Gasteiger partial charge is 0.335 e. The molecule has 68 heavy (non-hydrogen) atoms. The van der Waals surface area contributed by atoms with Crippen LogP contribution < -0.4 is 0 Å². The standard InChI is InChI=1S/C48H76O20/c1-43(2)12-14-48(42(61)62)15-13-46(6)20(21(48)16-43)8-9-26-45(5)17-22(51)37(44(3,4)25(45)10-11-47(26,46)7)68-41-33(58)35(31(56)36(67-41)38(59)60)66-40-32(57)34(28(53)24(19-50)64-40)65-39-30(55)29(54)27(52)23(18-49)63-39/h8,21-37,39-41,49-58H,9-19H2,1-7H3,(H,59,60)(H,61,62)/t21-,22-,23+,24+,25-,26+,27-,28-,29-,30+,31-,32+,33+,34-,35-,36-,37-,39-,40-,41-,45-,46+,47+,48-/m0/s1. The zero-order valence-electron chi connectivity index (χ0n) is 40.0. The molecule has 5 aliphatic carbocycles. The third-order valence-electron chi connectivity index (χ3n) is 19.3. The molecule has 0 aromatic rings. The van der Waals surface area contributed by atoms with Gasteiger partial charge in [-0.1, -0.05) is 60.1 Å². The van der Waals surface area contributed by atoms with Crippen molar-refractivity contribution in [2.75, 3.05) is 13.2 Å². The Hall–Kier alpha value is -1.96. The van der Waals surface area contributed by atoms with E-state index < -0.39 is 146 Å². The topological polar surface area (TPSA) is 332 Å². The largest absolute Gasteiger partial charge is 0.481 e. The van der Waals surface area contributed by atoms with Gasteiger partial charge in [0.05, 0.1) is 30.8 Å². The van der Waals surface area contributed by atoms with Crippen molar-refractivity contribution in [3.63, 3.8) is 0 Å². The highest BCUT2D eigenvalue weighted by Gasteiger charge is 2.71. The van der Waals surface area contributed by atoms with Gasteiger partial charge in [0.15, 0.2) is 25.0 Å². The van der Waals surface area contributed by atoms with Gasteiger partial charge < -0.3 is 89.7 Å². The van der Waals surface area contributed by atoms with E-state index in [9.17, 15) is 70.9 Å². The van der Waals surface area contributed by atoms with Crippen molar-refractivity contribution in [1.29, 1.82) is 0 Å². The Balaban J connectivity index is 1.03. The minimum absolute atomic E-state index is 0.0105. The van der Waals surface area contributed by atoms with Gasteiger partial charge in [0.2, 0.25) is 0 Å². The summed E-state index contributed by atoms with van der Waals surface area (Å²) < 4.78 is 34.8. The van der Waals surface area contributed by atoms with Gasteiger partial charge in [0, 0.05) is 0 Å². The fourth-order valence-electron chi connectivity index (χ4n) is 15.3. The number of rotatable bonds is 10. The van der Waals surface area contributed by atoms with E-state index in [-0.39, 0.29) is 40.4 Å². The second-order valence-corrected chi connectivity index (χ2v) is 23.7. The van der Waals surface area contributed by atoms with Crippen LogP contribution in [0.4, 0.5) is 0 Å². The first-order valence-corrected chi connectivity index (χ1v) is 24.4. The maximum absolute atomic E-state index is 13.1. The van der Waals surface area contributed by atoms with Crippen LogP contribution in [0.15, 0.2) is 11.6 Å². The Morgan fingerprint density at radius 2 is 1.19 bits per heavy atom. The molecular formula is C48H76O20. The summed E-state index contributed by atoms with van der Waals surface area (Å²) in [5, 5.41) is 130. The Morgan fingerprint density at radius 1 is 0.632 bits per heavy atom. The van der Waals surface area contributed by atoms with Crippen molar-refractivity contribution in [2.45, 2.75) is 211 Å². The second-order valence-electron chi connectivity index (χ2n) is 23.7. The van der Waals surface area contributed by atoms with E-state index in [2.05, 4.69) is 40.7 Å². The fourth-order valence-corrected chi connectivity index (χ4v) is 15.3. The van der Waals surface area contributed by atoms with Crippen LogP contribution in [0.25, 0.3) is 0 Å². The predicted octanol–water partition coefficient (Wildman–Crippen LogP) is -0.231. The van der Waals surface area contributed by atoms with Crippen molar-refractivity contribution in [3.8, 4) is 0 Å². The number of aliphatic hydroxyl groups is 10. The molecule has 12 N–H and O–H groups in total. The first-order valence-electron chi connectivity index (χ1n) is 24.4. The summed E-state index contributed by atoms with van der Waals surface area (Å²) in [7, 11) is 0. The third-order valence-corrected chi connectivity index (χ3v) is 19.3. The van der Waals surface area contributed by atoms with Crippen LogP contribution in [0.3, 0.4) is 0 Å². The van der Waals surface area contributed by atoms with Crippen molar-refractivity contribution in [1.82, 2.24) is 0 Å². The summed E-state index contributed by atoms with van der Waals surface area (Å²) in [4.78, 5) is 25.7. The van der Waals surface area contributed by atoms with Gasteiger partial charge in [-0.05, 0) is 103 Å². The molecule has 3 heterocycles. The second kappa shape index (κ2) is 18.2. The highest BCUT2D eigenvalue weighted by Crippen LogP contribution is 2.76. The van der Waals surface area contributed by atoms with E-state index in [0.29, 0.717) is 19.3 Å². The number of allylic oxidation sites excluding steroid dienone is 2.